The van der Waals surface area contributed by atoms with Crippen LogP contribution < -0.4 is 13.4 Å². The second kappa shape index (κ2) is 10.4. The molecule has 0 aliphatic carbocycles. The Morgan fingerprint density at radius 1 is 0.966 bits per heavy atom. The minimum absolute atomic E-state index is 0.0542. The molecule has 0 saturated carbocycles. The number of rotatable bonds is 11. The zero-order valence-corrected chi connectivity index (χ0v) is 19.3. The lowest BCUT2D eigenvalue weighted by molar-refractivity contribution is 0.221. The molecule has 1 unspecified atom stereocenters. The van der Waals surface area contributed by atoms with Gasteiger partial charge in [-0.1, -0.05) is 6.92 Å². The molecule has 0 bridgehead atoms. The lowest BCUT2D eigenvalue weighted by Gasteiger charge is -2.20. The quantitative estimate of drug-likeness (QED) is 0.320. The van der Waals surface area contributed by atoms with Crippen LogP contribution in [-0.2, 0) is 19.2 Å². The molecule has 29 heavy (non-hydrogen) atoms. The van der Waals surface area contributed by atoms with E-state index >= 15 is 0 Å². The highest BCUT2D eigenvalue weighted by molar-refractivity contribution is 8.55. The van der Waals surface area contributed by atoms with Crippen LogP contribution >= 0.6 is 18.2 Å². The van der Waals surface area contributed by atoms with Gasteiger partial charge in [-0.15, -0.1) is 0 Å². The van der Waals surface area contributed by atoms with Crippen molar-refractivity contribution in [3.8, 4) is 17.2 Å². The van der Waals surface area contributed by atoms with Crippen molar-refractivity contribution >= 4 is 28.3 Å². The Labute approximate surface area is 176 Å². The maximum Gasteiger partial charge on any atom is 0.440 e. The van der Waals surface area contributed by atoms with Crippen molar-refractivity contribution in [2.45, 2.75) is 38.2 Å². The molecule has 2 aromatic rings. The molecule has 0 heterocycles. The third-order valence-corrected chi connectivity index (χ3v) is 8.65. The van der Waals surface area contributed by atoms with Gasteiger partial charge in [-0.25, -0.2) is 4.57 Å². The molecule has 7 nitrogen and oxygen atoms in total. The molecule has 1 atom stereocenters. The Morgan fingerprint density at radius 2 is 1.52 bits per heavy atom. The number of methoxy groups -OCH3 is 1. The van der Waals surface area contributed by atoms with E-state index in [2.05, 4.69) is 0 Å². The zero-order chi connectivity index (χ0) is 21.5. The Hall–Kier alpha value is -1.67. The van der Waals surface area contributed by atoms with Gasteiger partial charge in [0, 0.05) is 5.75 Å². The summed E-state index contributed by atoms with van der Waals surface area (Å²) in [6.45, 7) is 2.10. The van der Waals surface area contributed by atoms with Gasteiger partial charge in [-0.3, -0.25) is 4.52 Å². The van der Waals surface area contributed by atoms with Crippen LogP contribution in [0.5, 0.6) is 17.2 Å². The van der Waals surface area contributed by atoms with Gasteiger partial charge in [-0.2, -0.15) is 8.42 Å². The molecule has 0 N–H and O–H groups in total. The molecule has 10 heteroatoms. The van der Waals surface area contributed by atoms with E-state index in [0.717, 1.165) is 17.8 Å². The van der Waals surface area contributed by atoms with Crippen molar-refractivity contribution in [2.75, 3.05) is 12.9 Å². The average Bonchev–Trinajstić information content (AvgIpc) is 2.66. The van der Waals surface area contributed by atoms with Crippen molar-refractivity contribution in [2.24, 2.45) is 0 Å². The molecule has 0 aliphatic rings. The largest absolute Gasteiger partial charge is 0.497 e. The monoisotopic (exact) mass is 460 g/mol. The maximum absolute atomic E-state index is 12.9. The predicted octanol–water partition coefficient (Wildman–Crippen LogP) is 5.52. The van der Waals surface area contributed by atoms with Crippen LogP contribution in [0, 0.1) is 0 Å². The SMILES string of the molecule is CCCSP(=O)(Oc1ccc(S(=O)(=O)Oc2ccc(OC)cc2)cc1)OC(C)C. The van der Waals surface area contributed by atoms with Crippen molar-refractivity contribution < 1.29 is 31.0 Å². The first-order valence-electron chi connectivity index (χ1n) is 8.98. The van der Waals surface area contributed by atoms with Crippen LogP contribution in [0.15, 0.2) is 53.4 Å². The first-order valence-corrected chi connectivity index (χ1v) is 13.5. The molecule has 0 aliphatic heterocycles. The maximum atomic E-state index is 12.9. The summed E-state index contributed by atoms with van der Waals surface area (Å²) < 4.78 is 59.0. The van der Waals surface area contributed by atoms with Crippen LogP contribution in [0.1, 0.15) is 27.2 Å². The van der Waals surface area contributed by atoms with Gasteiger partial charge in [0.1, 0.15) is 22.1 Å². The van der Waals surface area contributed by atoms with Crippen LogP contribution in [0.25, 0.3) is 0 Å². The first kappa shape index (κ1) is 23.6. The molecule has 0 aromatic heterocycles. The number of ether oxygens (including phenoxy) is 1. The highest BCUT2D eigenvalue weighted by atomic mass is 32.7. The third kappa shape index (κ3) is 7.26. The normalized spacial score (nSPS) is 13.7. The second-order valence-electron chi connectivity index (χ2n) is 6.21. The molecule has 2 rings (SSSR count). The van der Waals surface area contributed by atoms with Crippen molar-refractivity contribution in [1.82, 2.24) is 0 Å². The fourth-order valence-electron chi connectivity index (χ4n) is 2.14. The van der Waals surface area contributed by atoms with Crippen molar-refractivity contribution in [1.29, 1.82) is 0 Å². The van der Waals surface area contributed by atoms with Crippen LogP contribution in [-0.4, -0.2) is 27.4 Å². The number of hydrogen-bond acceptors (Lipinski definition) is 8. The summed E-state index contributed by atoms with van der Waals surface area (Å²) in [6.07, 6.45) is 0.544. The van der Waals surface area contributed by atoms with Crippen LogP contribution in [0.4, 0.5) is 0 Å². The summed E-state index contributed by atoms with van der Waals surface area (Å²) in [5.41, 5.74) is 0. The lowest BCUT2D eigenvalue weighted by Crippen LogP contribution is -2.09. The molecule has 0 fully saturated rings. The summed E-state index contributed by atoms with van der Waals surface area (Å²) in [5, 5.41) is 0. The Balaban J connectivity index is 2.13. The molecule has 160 valence electrons. The number of hydrogen-bond donors (Lipinski definition) is 0. The van der Waals surface area contributed by atoms with E-state index in [9.17, 15) is 13.0 Å². The Bertz CT molecular complexity index is 926. The van der Waals surface area contributed by atoms with Gasteiger partial charge in [0.2, 0.25) is 0 Å². The van der Waals surface area contributed by atoms with Gasteiger partial charge in [0.25, 0.3) is 0 Å². The van der Waals surface area contributed by atoms with Gasteiger partial charge < -0.3 is 13.4 Å². The molecule has 2 aromatic carbocycles. The van der Waals surface area contributed by atoms with Gasteiger partial charge >= 0.3 is 16.9 Å². The summed E-state index contributed by atoms with van der Waals surface area (Å²) >= 11 is 1.12. The smallest absolute Gasteiger partial charge is 0.440 e. The Kier molecular flexibility index (Phi) is 8.46. The summed E-state index contributed by atoms with van der Waals surface area (Å²) in [6, 6.07) is 11.7. The zero-order valence-electron chi connectivity index (χ0n) is 16.7. The van der Waals surface area contributed by atoms with Gasteiger partial charge in [0.15, 0.2) is 0 Å². The molecule has 0 spiro atoms. The van der Waals surface area contributed by atoms with E-state index in [4.69, 9.17) is 18.0 Å². The highest BCUT2D eigenvalue weighted by Crippen LogP contribution is 2.61. The molecular formula is C19H25O7PS2. The molecule has 0 radical (unpaired) electrons. The molecular weight excluding hydrogens is 435 g/mol. The predicted molar refractivity (Wildman–Crippen MR) is 114 cm³/mol. The summed E-state index contributed by atoms with van der Waals surface area (Å²) in [7, 11) is -2.51. The fraction of sp³-hybridized carbons (Fsp3) is 0.368. The summed E-state index contributed by atoms with van der Waals surface area (Å²) in [5.74, 6) is 1.62. The minimum Gasteiger partial charge on any atom is -0.497 e. The topological polar surface area (TPSA) is 88.1 Å². The van der Waals surface area contributed by atoms with Crippen molar-refractivity contribution in [3.63, 3.8) is 0 Å². The Morgan fingerprint density at radius 3 is 2.03 bits per heavy atom. The van der Waals surface area contributed by atoms with E-state index < -0.39 is 16.9 Å². The average molecular weight is 461 g/mol. The van der Waals surface area contributed by atoms with E-state index in [1.807, 2.05) is 6.92 Å². The lowest BCUT2D eigenvalue weighted by atomic mass is 10.3. The van der Waals surface area contributed by atoms with E-state index in [-0.39, 0.29) is 22.5 Å². The van der Waals surface area contributed by atoms with Crippen molar-refractivity contribution in [3.05, 3.63) is 48.5 Å². The molecule has 0 amide bonds. The van der Waals surface area contributed by atoms with E-state index in [1.54, 1.807) is 26.0 Å². The van der Waals surface area contributed by atoms with Gasteiger partial charge in [0.05, 0.1) is 13.2 Å². The molecule has 0 saturated heterocycles. The van der Waals surface area contributed by atoms with Crippen LogP contribution in [0.3, 0.4) is 0 Å². The van der Waals surface area contributed by atoms with Gasteiger partial charge in [-0.05, 0) is 80.2 Å². The first-order chi connectivity index (χ1) is 13.7. The van der Waals surface area contributed by atoms with E-state index in [0.29, 0.717) is 11.5 Å². The fourth-order valence-corrected chi connectivity index (χ4v) is 6.86. The minimum atomic E-state index is -4.03. The number of benzene rings is 2. The second-order valence-corrected chi connectivity index (χ2v) is 11.8. The third-order valence-electron chi connectivity index (χ3n) is 3.39. The standard InChI is InChI=1S/C19H25O7PS2/c1-5-14-28-27(20,24-15(2)3)25-17-10-12-19(13-11-17)29(21,22)26-18-8-6-16(23-4)7-9-18/h6-13,15H,5,14H2,1-4H3. The van der Waals surface area contributed by atoms with Crippen LogP contribution in [0.2, 0.25) is 0 Å². The highest BCUT2D eigenvalue weighted by Gasteiger charge is 2.29. The van der Waals surface area contributed by atoms with E-state index in [1.165, 1.54) is 43.5 Å². The summed E-state index contributed by atoms with van der Waals surface area (Å²) in [4.78, 5) is -0.0542.